The van der Waals surface area contributed by atoms with Gasteiger partial charge >= 0.3 is 6.03 Å². The molecule has 0 aliphatic rings. The molecule has 0 radical (unpaired) electrons. The molecule has 1 rings (SSSR count). The van der Waals surface area contributed by atoms with Crippen molar-refractivity contribution in [3.05, 3.63) is 23.9 Å². The molecule has 0 fully saturated rings. The number of urea groups is 1. The number of pyridine rings is 1. The Labute approximate surface area is 106 Å². The number of nitrogens with one attached hydrogen (secondary N) is 2. The van der Waals surface area contributed by atoms with Crippen LogP contribution in [0.15, 0.2) is 18.2 Å². The van der Waals surface area contributed by atoms with E-state index in [9.17, 15) is 9.59 Å². The molecule has 0 saturated heterocycles. The fourth-order valence-electron chi connectivity index (χ4n) is 1.44. The third-order valence-electron chi connectivity index (χ3n) is 2.29. The molecular weight excluding hydrogens is 232 g/mol. The van der Waals surface area contributed by atoms with Gasteiger partial charge in [-0.25, -0.2) is 9.78 Å². The second kappa shape index (κ2) is 7.26. The maximum absolute atomic E-state index is 11.6. The number of nitrogens with zero attached hydrogens (tertiary/aromatic N) is 1. The lowest BCUT2D eigenvalue weighted by Gasteiger charge is -2.05. The SMILES string of the molecule is Cc1cccc(NC(=O)CCCCNC(N)=O)n1. The van der Waals surface area contributed by atoms with Crippen LogP contribution in [0, 0.1) is 6.92 Å². The van der Waals surface area contributed by atoms with E-state index in [2.05, 4.69) is 15.6 Å². The summed E-state index contributed by atoms with van der Waals surface area (Å²) in [6, 6.07) is 4.92. The third kappa shape index (κ3) is 5.83. The molecule has 0 bridgehead atoms. The monoisotopic (exact) mass is 250 g/mol. The summed E-state index contributed by atoms with van der Waals surface area (Å²) < 4.78 is 0. The van der Waals surface area contributed by atoms with Crippen LogP contribution in [0.1, 0.15) is 25.0 Å². The summed E-state index contributed by atoms with van der Waals surface area (Å²) in [4.78, 5) is 26.1. The molecule has 1 heterocycles. The van der Waals surface area contributed by atoms with Crippen LogP contribution in [0.4, 0.5) is 10.6 Å². The van der Waals surface area contributed by atoms with Gasteiger partial charge in [-0.15, -0.1) is 0 Å². The van der Waals surface area contributed by atoms with Crippen LogP contribution in [-0.4, -0.2) is 23.5 Å². The number of aryl methyl sites for hydroxylation is 1. The molecule has 6 heteroatoms. The summed E-state index contributed by atoms with van der Waals surface area (Å²) in [5.41, 5.74) is 5.77. The van der Waals surface area contributed by atoms with Crippen molar-refractivity contribution < 1.29 is 9.59 Å². The van der Waals surface area contributed by atoms with Crippen molar-refractivity contribution in [3.63, 3.8) is 0 Å². The van der Waals surface area contributed by atoms with Crippen LogP contribution >= 0.6 is 0 Å². The average Bonchev–Trinajstić information content (AvgIpc) is 2.28. The van der Waals surface area contributed by atoms with Crippen LogP contribution in [0.25, 0.3) is 0 Å². The lowest BCUT2D eigenvalue weighted by Crippen LogP contribution is -2.30. The van der Waals surface area contributed by atoms with E-state index >= 15 is 0 Å². The van der Waals surface area contributed by atoms with Gasteiger partial charge in [-0.05, 0) is 31.9 Å². The number of anilines is 1. The van der Waals surface area contributed by atoms with Gasteiger partial charge in [0.25, 0.3) is 0 Å². The van der Waals surface area contributed by atoms with Crippen molar-refractivity contribution in [2.24, 2.45) is 5.73 Å². The van der Waals surface area contributed by atoms with Gasteiger partial charge < -0.3 is 16.4 Å². The number of hydrogen-bond acceptors (Lipinski definition) is 3. The van der Waals surface area contributed by atoms with Crippen molar-refractivity contribution in [1.82, 2.24) is 10.3 Å². The molecule has 98 valence electrons. The Morgan fingerprint density at radius 3 is 2.78 bits per heavy atom. The maximum atomic E-state index is 11.6. The first-order valence-corrected chi connectivity index (χ1v) is 5.85. The van der Waals surface area contributed by atoms with E-state index in [-0.39, 0.29) is 5.91 Å². The van der Waals surface area contributed by atoms with Gasteiger partial charge in [0.05, 0.1) is 0 Å². The smallest absolute Gasteiger partial charge is 0.312 e. The largest absolute Gasteiger partial charge is 0.352 e. The Kier molecular flexibility index (Phi) is 5.63. The van der Waals surface area contributed by atoms with Gasteiger partial charge in [0.1, 0.15) is 5.82 Å². The van der Waals surface area contributed by atoms with E-state index in [1.165, 1.54) is 0 Å². The number of hydrogen-bond donors (Lipinski definition) is 3. The Morgan fingerprint density at radius 2 is 2.11 bits per heavy atom. The van der Waals surface area contributed by atoms with Gasteiger partial charge in [0.15, 0.2) is 0 Å². The molecule has 0 atom stereocenters. The zero-order valence-electron chi connectivity index (χ0n) is 10.4. The molecule has 6 nitrogen and oxygen atoms in total. The zero-order valence-corrected chi connectivity index (χ0v) is 10.4. The van der Waals surface area contributed by atoms with Gasteiger partial charge in [0.2, 0.25) is 5.91 Å². The lowest BCUT2D eigenvalue weighted by atomic mass is 10.2. The second-order valence-electron chi connectivity index (χ2n) is 3.96. The number of rotatable bonds is 6. The van der Waals surface area contributed by atoms with Crippen molar-refractivity contribution >= 4 is 17.8 Å². The van der Waals surface area contributed by atoms with Crippen molar-refractivity contribution in [2.75, 3.05) is 11.9 Å². The molecule has 18 heavy (non-hydrogen) atoms. The van der Waals surface area contributed by atoms with Crippen molar-refractivity contribution in [1.29, 1.82) is 0 Å². The standard InChI is InChI=1S/C12H18N4O2/c1-9-5-4-6-10(15-9)16-11(17)7-2-3-8-14-12(13)18/h4-6H,2-3,7-8H2,1H3,(H3,13,14,18)(H,15,16,17). The molecule has 0 spiro atoms. The summed E-state index contributed by atoms with van der Waals surface area (Å²) in [5.74, 6) is 0.488. The normalized spacial score (nSPS) is 9.83. The van der Waals surface area contributed by atoms with E-state index in [1.807, 2.05) is 19.1 Å². The molecule has 1 aromatic rings. The minimum atomic E-state index is -0.539. The molecule has 3 amide bonds. The number of amides is 3. The van der Waals surface area contributed by atoms with Crippen LogP contribution < -0.4 is 16.4 Å². The summed E-state index contributed by atoms with van der Waals surface area (Å²) in [7, 11) is 0. The van der Waals surface area contributed by atoms with Gasteiger partial charge in [0, 0.05) is 18.7 Å². The molecule has 0 aliphatic heterocycles. The highest BCUT2D eigenvalue weighted by atomic mass is 16.2. The second-order valence-corrected chi connectivity index (χ2v) is 3.96. The fraction of sp³-hybridized carbons (Fsp3) is 0.417. The lowest BCUT2D eigenvalue weighted by molar-refractivity contribution is -0.116. The Hall–Kier alpha value is -2.11. The highest BCUT2D eigenvalue weighted by Gasteiger charge is 2.03. The molecule has 4 N–H and O–H groups in total. The molecule has 1 aromatic heterocycles. The fourth-order valence-corrected chi connectivity index (χ4v) is 1.44. The number of unbranched alkanes of at least 4 members (excludes halogenated alkanes) is 1. The minimum Gasteiger partial charge on any atom is -0.352 e. The Bertz CT molecular complexity index is 420. The molecule has 0 unspecified atom stereocenters. The number of nitrogens with two attached hydrogens (primary N) is 1. The van der Waals surface area contributed by atoms with Crippen molar-refractivity contribution in [2.45, 2.75) is 26.2 Å². The summed E-state index contributed by atoms with van der Waals surface area (Å²) in [6.45, 7) is 2.36. The molecule has 0 aliphatic carbocycles. The summed E-state index contributed by atoms with van der Waals surface area (Å²) >= 11 is 0. The van der Waals surface area contributed by atoms with E-state index in [1.54, 1.807) is 6.07 Å². The molecule has 0 saturated carbocycles. The highest BCUT2D eigenvalue weighted by Crippen LogP contribution is 2.05. The van der Waals surface area contributed by atoms with Crippen LogP contribution in [-0.2, 0) is 4.79 Å². The van der Waals surface area contributed by atoms with E-state index in [4.69, 9.17) is 5.73 Å². The topological polar surface area (TPSA) is 97.1 Å². The first kappa shape index (κ1) is 14.0. The molecule has 0 aromatic carbocycles. The summed E-state index contributed by atoms with van der Waals surface area (Å²) in [6.07, 6.45) is 1.81. The van der Waals surface area contributed by atoms with E-state index < -0.39 is 6.03 Å². The van der Waals surface area contributed by atoms with Gasteiger partial charge in [-0.3, -0.25) is 4.79 Å². The minimum absolute atomic E-state index is 0.0767. The van der Waals surface area contributed by atoms with Crippen LogP contribution in [0.2, 0.25) is 0 Å². The number of carbonyl (C=O) groups excluding carboxylic acids is 2. The first-order chi connectivity index (χ1) is 8.58. The van der Waals surface area contributed by atoms with E-state index in [0.717, 1.165) is 12.1 Å². The predicted molar refractivity (Wildman–Crippen MR) is 69.0 cm³/mol. The predicted octanol–water partition coefficient (Wildman–Crippen LogP) is 1.17. The van der Waals surface area contributed by atoms with Crippen LogP contribution in [0.5, 0.6) is 0 Å². The summed E-state index contributed by atoms with van der Waals surface area (Å²) in [5, 5.41) is 5.19. The average molecular weight is 250 g/mol. The highest BCUT2D eigenvalue weighted by molar-refractivity contribution is 5.89. The molecular formula is C12H18N4O2. The Balaban J connectivity index is 2.20. The maximum Gasteiger partial charge on any atom is 0.312 e. The van der Waals surface area contributed by atoms with Crippen molar-refractivity contribution in [3.8, 4) is 0 Å². The van der Waals surface area contributed by atoms with E-state index in [0.29, 0.717) is 25.2 Å². The quantitative estimate of drug-likeness (QED) is 0.661. The van der Waals surface area contributed by atoms with Gasteiger partial charge in [-0.1, -0.05) is 6.07 Å². The van der Waals surface area contributed by atoms with Gasteiger partial charge in [-0.2, -0.15) is 0 Å². The zero-order chi connectivity index (χ0) is 13.4. The first-order valence-electron chi connectivity index (χ1n) is 5.85. The third-order valence-corrected chi connectivity index (χ3v) is 2.29. The van der Waals surface area contributed by atoms with Crippen LogP contribution in [0.3, 0.4) is 0 Å². The number of aromatic nitrogens is 1. The number of primary amides is 1. The Morgan fingerprint density at radius 1 is 1.33 bits per heavy atom. The number of carbonyl (C=O) groups is 2.